The predicted octanol–water partition coefficient (Wildman–Crippen LogP) is 2.63. The van der Waals surface area contributed by atoms with Gasteiger partial charge in [0.25, 0.3) is 11.8 Å². The summed E-state index contributed by atoms with van der Waals surface area (Å²) in [5.41, 5.74) is 6.41. The van der Waals surface area contributed by atoms with Crippen LogP contribution in [0.2, 0.25) is 0 Å². The third-order valence-corrected chi connectivity index (χ3v) is 4.21. The molecule has 0 radical (unpaired) electrons. The van der Waals surface area contributed by atoms with E-state index in [-0.39, 0.29) is 11.4 Å². The second-order valence-electron chi connectivity index (χ2n) is 6.35. The number of hydrogen-bond acceptors (Lipinski definition) is 7. The largest absolute Gasteiger partial charge is 0.497 e. The summed E-state index contributed by atoms with van der Waals surface area (Å²) in [6.45, 7) is 0. The van der Waals surface area contributed by atoms with Gasteiger partial charge in [-0.05, 0) is 71.8 Å². The minimum absolute atomic E-state index is 0.0451. The molecule has 0 unspecified atom stereocenters. The van der Waals surface area contributed by atoms with Gasteiger partial charge >= 0.3 is 0 Å². The summed E-state index contributed by atoms with van der Waals surface area (Å²) in [6.07, 6.45) is 2.98. The molecule has 2 aromatic carbocycles. The van der Waals surface area contributed by atoms with Crippen LogP contribution in [-0.4, -0.2) is 43.4 Å². The van der Waals surface area contributed by atoms with Gasteiger partial charge in [0.05, 0.1) is 26.6 Å². The van der Waals surface area contributed by atoms with Crippen LogP contribution >= 0.6 is 0 Å². The lowest BCUT2D eigenvalue weighted by Gasteiger charge is -2.03. The van der Waals surface area contributed by atoms with Gasteiger partial charge in [0, 0.05) is 0 Å². The third kappa shape index (κ3) is 6.23. The summed E-state index contributed by atoms with van der Waals surface area (Å²) in [5.74, 6) is 0.343. The number of benzene rings is 2. The fraction of sp³-hybridized carbons (Fsp3) is 0.0870. The highest BCUT2D eigenvalue weighted by atomic mass is 16.5. The van der Waals surface area contributed by atoms with Crippen molar-refractivity contribution >= 4 is 24.2 Å². The van der Waals surface area contributed by atoms with Crippen molar-refractivity contribution in [3.8, 4) is 11.5 Å². The van der Waals surface area contributed by atoms with Crippen molar-refractivity contribution in [2.24, 2.45) is 10.2 Å². The van der Waals surface area contributed by atoms with Gasteiger partial charge in [-0.25, -0.2) is 15.8 Å². The molecule has 2 N–H and O–H groups in total. The maximum atomic E-state index is 12.3. The molecule has 0 fully saturated rings. The van der Waals surface area contributed by atoms with Crippen molar-refractivity contribution in [2.75, 3.05) is 14.2 Å². The molecule has 1 aromatic heterocycles. The van der Waals surface area contributed by atoms with E-state index >= 15 is 0 Å². The van der Waals surface area contributed by atoms with Crippen LogP contribution < -0.4 is 20.3 Å². The first-order valence-corrected chi connectivity index (χ1v) is 9.51. The Labute approximate surface area is 184 Å². The van der Waals surface area contributed by atoms with E-state index in [2.05, 4.69) is 26.0 Å². The molecule has 0 saturated carbocycles. The van der Waals surface area contributed by atoms with Crippen molar-refractivity contribution in [3.05, 3.63) is 89.2 Å². The third-order valence-electron chi connectivity index (χ3n) is 4.21. The number of carbonyl (C=O) groups excluding carboxylic acids is 2. The van der Waals surface area contributed by atoms with Gasteiger partial charge < -0.3 is 9.47 Å². The number of pyridine rings is 1. The topological polar surface area (TPSA) is 114 Å². The van der Waals surface area contributed by atoms with Gasteiger partial charge in [-0.3, -0.25) is 9.59 Å². The van der Waals surface area contributed by atoms with Crippen LogP contribution in [0.4, 0.5) is 0 Å². The second kappa shape index (κ2) is 11.0. The van der Waals surface area contributed by atoms with Crippen molar-refractivity contribution in [1.29, 1.82) is 0 Å². The summed E-state index contributed by atoms with van der Waals surface area (Å²) in [7, 11) is 3.16. The van der Waals surface area contributed by atoms with Gasteiger partial charge in [-0.1, -0.05) is 6.07 Å². The van der Waals surface area contributed by atoms with Crippen molar-refractivity contribution in [1.82, 2.24) is 15.8 Å². The SMILES string of the molecule is COc1ccc(/C=N/NC(=O)c2cccc(C(=O)N/N=C/c3ccc(OC)cc3)n2)cc1. The maximum Gasteiger partial charge on any atom is 0.289 e. The molecule has 0 spiro atoms. The number of rotatable bonds is 8. The lowest BCUT2D eigenvalue weighted by Crippen LogP contribution is -2.23. The van der Waals surface area contributed by atoms with Gasteiger partial charge in [0.2, 0.25) is 0 Å². The molecule has 3 rings (SSSR count). The van der Waals surface area contributed by atoms with E-state index in [9.17, 15) is 9.59 Å². The standard InChI is InChI=1S/C23H21N5O4/c1-31-18-10-6-16(7-11-18)14-24-27-22(29)20-4-3-5-21(26-20)23(30)28-25-15-17-8-12-19(32-2)13-9-17/h3-15H,1-2H3,(H,27,29)(H,28,30)/b24-14+,25-15+. The van der Waals surface area contributed by atoms with Crippen LogP contribution in [0.15, 0.2) is 76.9 Å². The van der Waals surface area contributed by atoms with Crippen LogP contribution in [0.25, 0.3) is 0 Å². The fourth-order valence-corrected chi connectivity index (χ4v) is 2.51. The molecular weight excluding hydrogens is 410 g/mol. The van der Waals surface area contributed by atoms with E-state index in [1.165, 1.54) is 24.6 Å². The molecule has 2 amide bonds. The minimum Gasteiger partial charge on any atom is -0.497 e. The van der Waals surface area contributed by atoms with Crippen LogP contribution in [0, 0.1) is 0 Å². The van der Waals surface area contributed by atoms with Gasteiger partial charge in [-0.15, -0.1) is 0 Å². The van der Waals surface area contributed by atoms with Crippen LogP contribution in [-0.2, 0) is 0 Å². The lowest BCUT2D eigenvalue weighted by atomic mass is 10.2. The summed E-state index contributed by atoms with van der Waals surface area (Å²) >= 11 is 0. The molecule has 1 heterocycles. The molecule has 3 aromatic rings. The predicted molar refractivity (Wildman–Crippen MR) is 120 cm³/mol. The van der Waals surface area contributed by atoms with E-state index < -0.39 is 11.8 Å². The Bertz CT molecular complexity index is 1040. The Hall–Kier alpha value is -4.53. The first-order valence-electron chi connectivity index (χ1n) is 9.51. The molecule has 0 bridgehead atoms. The zero-order valence-corrected chi connectivity index (χ0v) is 17.5. The normalized spacial score (nSPS) is 10.8. The number of nitrogens with zero attached hydrogens (tertiary/aromatic N) is 3. The number of ether oxygens (including phenoxy) is 2. The zero-order chi connectivity index (χ0) is 22.8. The Morgan fingerprint density at radius 3 is 1.50 bits per heavy atom. The average Bonchev–Trinajstić information content (AvgIpc) is 2.84. The Kier molecular flexibility index (Phi) is 7.63. The molecule has 9 nitrogen and oxygen atoms in total. The average molecular weight is 431 g/mol. The first-order chi connectivity index (χ1) is 15.6. The fourth-order valence-electron chi connectivity index (χ4n) is 2.51. The van der Waals surface area contributed by atoms with Crippen molar-refractivity contribution in [2.45, 2.75) is 0 Å². The number of aromatic nitrogens is 1. The molecule has 32 heavy (non-hydrogen) atoms. The van der Waals surface area contributed by atoms with E-state index in [1.54, 1.807) is 68.8 Å². The van der Waals surface area contributed by atoms with E-state index in [1.807, 2.05) is 0 Å². The summed E-state index contributed by atoms with van der Waals surface area (Å²) < 4.78 is 10.2. The van der Waals surface area contributed by atoms with Crippen molar-refractivity contribution in [3.63, 3.8) is 0 Å². The van der Waals surface area contributed by atoms with Gasteiger partial charge in [0.15, 0.2) is 0 Å². The van der Waals surface area contributed by atoms with Crippen LogP contribution in [0.3, 0.4) is 0 Å². The molecule has 9 heteroatoms. The number of methoxy groups -OCH3 is 2. The van der Waals surface area contributed by atoms with E-state index in [0.29, 0.717) is 0 Å². The van der Waals surface area contributed by atoms with Gasteiger partial charge in [-0.2, -0.15) is 10.2 Å². The molecular formula is C23H21N5O4. The monoisotopic (exact) mass is 431 g/mol. The Balaban J connectivity index is 1.56. The Morgan fingerprint density at radius 1 is 0.719 bits per heavy atom. The molecule has 0 saturated heterocycles. The smallest absolute Gasteiger partial charge is 0.289 e. The number of carbonyl (C=O) groups is 2. The molecule has 0 aliphatic carbocycles. The minimum atomic E-state index is -0.550. The molecule has 0 atom stereocenters. The van der Waals surface area contributed by atoms with Gasteiger partial charge in [0.1, 0.15) is 22.9 Å². The molecule has 0 aliphatic heterocycles. The highest BCUT2D eigenvalue weighted by Gasteiger charge is 2.11. The zero-order valence-electron chi connectivity index (χ0n) is 17.5. The number of hydrazone groups is 2. The highest BCUT2D eigenvalue weighted by Crippen LogP contribution is 2.10. The second-order valence-corrected chi connectivity index (χ2v) is 6.35. The van der Waals surface area contributed by atoms with Crippen LogP contribution in [0.1, 0.15) is 32.1 Å². The van der Waals surface area contributed by atoms with E-state index in [0.717, 1.165) is 22.6 Å². The number of nitrogens with one attached hydrogen (secondary N) is 2. The molecule has 0 aliphatic rings. The number of amides is 2. The van der Waals surface area contributed by atoms with E-state index in [4.69, 9.17) is 9.47 Å². The highest BCUT2D eigenvalue weighted by molar-refractivity contribution is 5.97. The summed E-state index contributed by atoms with van der Waals surface area (Å²) in [4.78, 5) is 28.6. The summed E-state index contributed by atoms with van der Waals surface area (Å²) in [6, 6.07) is 18.8. The Morgan fingerprint density at radius 2 is 1.12 bits per heavy atom. The quantitative estimate of drug-likeness (QED) is 0.420. The number of hydrogen-bond donors (Lipinski definition) is 2. The van der Waals surface area contributed by atoms with Crippen molar-refractivity contribution < 1.29 is 19.1 Å². The first kappa shape index (κ1) is 22.2. The lowest BCUT2D eigenvalue weighted by molar-refractivity contribution is 0.0945. The maximum absolute atomic E-state index is 12.3. The van der Waals surface area contributed by atoms with Crippen LogP contribution in [0.5, 0.6) is 11.5 Å². The summed E-state index contributed by atoms with van der Waals surface area (Å²) in [5, 5.41) is 7.81. The molecule has 162 valence electrons.